The molecule has 0 aliphatic rings. The zero-order valence-electron chi connectivity index (χ0n) is 10.6. The predicted molar refractivity (Wildman–Crippen MR) is 64.3 cm³/mol. The first-order valence-corrected chi connectivity index (χ1v) is 6.15. The van der Waals surface area contributed by atoms with E-state index in [4.69, 9.17) is 9.47 Å². The Bertz CT molecular complexity index is 116. The standard InChI is InChI=1S/C12H27NO2/c1-4-12(5-2)13-8-6-7-9-15-11-10-14-3/h12-13H,4-11H2,1-3H3. The van der Waals surface area contributed by atoms with Crippen LogP contribution in [-0.4, -0.2) is 39.5 Å². The van der Waals surface area contributed by atoms with Crippen molar-refractivity contribution in [2.24, 2.45) is 0 Å². The number of hydrogen-bond acceptors (Lipinski definition) is 3. The molecule has 0 amide bonds. The Kier molecular flexibility index (Phi) is 11.9. The smallest absolute Gasteiger partial charge is 0.0700 e. The molecule has 92 valence electrons. The number of hydrogen-bond donors (Lipinski definition) is 1. The van der Waals surface area contributed by atoms with Gasteiger partial charge in [0, 0.05) is 19.8 Å². The minimum Gasteiger partial charge on any atom is -0.382 e. The summed E-state index contributed by atoms with van der Waals surface area (Å²) in [6, 6.07) is 0.694. The van der Waals surface area contributed by atoms with Gasteiger partial charge in [-0.05, 0) is 32.2 Å². The monoisotopic (exact) mass is 217 g/mol. The number of unbranched alkanes of at least 4 members (excludes halogenated alkanes) is 1. The largest absolute Gasteiger partial charge is 0.382 e. The molecule has 15 heavy (non-hydrogen) atoms. The fourth-order valence-electron chi connectivity index (χ4n) is 1.46. The highest BCUT2D eigenvalue weighted by Crippen LogP contribution is 1.97. The van der Waals surface area contributed by atoms with E-state index in [0.717, 1.165) is 26.2 Å². The van der Waals surface area contributed by atoms with Gasteiger partial charge in [0.25, 0.3) is 0 Å². The molecule has 0 aromatic carbocycles. The second-order valence-corrected chi connectivity index (χ2v) is 3.78. The number of nitrogens with one attached hydrogen (secondary N) is 1. The summed E-state index contributed by atoms with van der Waals surface area (Å²) in [7, 11) is 1.70. The Hall–Kier alpha value is -0.120. The number of ether oxygens (including phenoxy) is 2. The van der Waals surface area contributed by atoms with Gasteiger partial charge in [0.05, 0.1) is 13.2 Å². The topological polar surface area (TPSA) is 30.5 Å². The second-order valence-electron chi connectivity index (χ2n) is 3.78. The van der Waals surface area contributed by atoms with Crippen molar-refractivity contribution < 1.29 is 9.47 Å². The van der Waals surface area contributed by atoms with E-state index in [1.165, 1.54) is 19.3 Å². The van der Waals surface area contributed by atoms with Crippen LogP contribution in [0.25, 0.3) is 0 Å². The summed E-state index contributed by atoms with van der Waals surface area (Å²) >= 11 is 0. The van der Waals surface area contributed by atoms with Gasteiger partial charge in [-0.15, -0.1) is 0 Å². The molecule has 0 unspecified atom stereocenters. The Morgan fingerprint density at radius 2 is 1.73 bits per heavy atom. The summed E-state index contributed by atoms with van der Waals surface area (Å²) < 4.78 is 10.3. The molecule has 0 spiro atoms. The van der Waals surface area contributed by atoms with Gasteiger partial charge in [0.2, 0.25) is 0 Å². The van der Waals surface area contributed by atoms with E-state index in [1.54, 1.807) is 7.11 Å². The molecule has 0 aromatic rings. The first-order chi connectivity index (χ1) is 7.35. The minimum absolute atomic E-state index is 0.694. The van der Waals surface area contributed by atoms with Crippen LogP contribution < -0.4 is 5.32 Å². The van der Waals surface area contributed by atoms with Gasteiger partial charge in [-0.1, -0.05) is 13.8 Å². The summed E-state index contributed by atoms with van der Waals surface area (Å²) in [5.41, 5.74) is 0. The summed E-state index contributed by atoms with van der Waals surface area (Å²) in [5.74, 6) is 0. The van der Waals surface area contributed by atoms with E-state index in [2.05, 4.69) is 19.2 Å². The molecule has 0 aliphatic carbocycles. The zero-order valence-corrected chi connectivity index (χ0v) is 10.6. The fraction of sp³-hybridized carbons (Fsp3) is 1.00. The van der Waals surface area contributed by atoms with Gasteiger partial charge in [0.1, 0.15) is 0 Å². The lowest BCUT2D eigenvalue weighted by Crippen LogP contribution is -2.28. The van der Waals surface area contributed by atoms with Crippen molar-refractivity contribution in [2.75, 3.05) is 33.5 Å². The van der Waals surface area contributed by atoms with Crippen molar-refractivity contribution >= 4 is 0 Å². The van der Waals surface area contributed by atoms with E-state index < -0.39 is 0 Å². The van der Waals surface area contributed by atoms with E-state index >= 15 is 0 Å². The third kappa shape index (κ3) is 10.2. The average Bonchev–Trinajstić information content (AvgIpc) is 2.27. The number of rotatable bonds is 11. The van der Waals surface area contributed by atoms with E-state index in [1.807, 2.05) is 0 Å². The molecule has 0 fully saturated rings. The van der Waals surface area contributed by atoms with Crippen molar-refractivity contribution in [3.63, 3.8) is 0 Å². The van der Waals surface area contributed by atoms with Crippen LogP contribution >= 0.6 is 0 Å². The fourth-order valence-corrected chi connectivity index (χ4v) is 1.46. The molecule has 0 heterocycles. The van der Waals surface area contributed by atoms with Crippen LogP contribution in [0.2, 0.25) is 0 Å². The van der Waals surface area contributed by atoms with Crippen molar-refractivity contribution in [1.82, 2.24) is 5.32 Å². The molecule has 0 atom stereocenters. The predicted octanol–water partition coefficient (Wildman–Crippen LogP) is 2.21. The average molecular weight is 217 g/mol. The van der Waals surface area contributed by atoms with Gasteiger partial charge in [-0.25, -0.2) is 0 Å². The van der Waals surface area contributed by atoms with Crippen LogP contribution in [0.15, 0.2) is 0 Å². The highest BCUT2D eigenvalue weighted by molar-refractivity contribution is 4.61. The molecule has 0 aromatic heterocycles. The Labute approximate surface area is 94.5 Å². The van der Waals surface area contributed by atoms with E-state index in [9.17, 15) is 0 Å². The maximum absolute atomic E-state index is 5.38. The minimum atomic E-state index is 0.694. The normalized spacial score (nSPS) is 11.2. The van der Waals surface area contributed by atoms with Crippen molar-refractivity contribution in [1.29, 1.82) is 0 Å². The van der Waals surface area contributed by atoms with Crippen LogP contribution in [0.3, 0.4) is 0 Å². The molecule has 0 aliphatic heterocycles. The van der Waals surface area contributed by atoms with Gasteiger partial charge in [0.15, 0.2) is 0 Å². The molecule has 3 nitrogen and oxygen atoms in total. The molecule has 0 radical (unpaired) electrons. The lowest BCUT2D eigenvalue weighted by Gasteiger charge is -2.14. The van der Waals surface area contributed by atoms with Crippen LogP contribution in [0.5, 0.6) is 0 Å². The third-order valence-electron chi connectivity index (χ3n) is 2.57. The van der Waals surface area contributed by atoms with E-state index in [0.29, 0.717) is 12.6 Å². The molecule has 3 heteroatoms. The van der Waals surface area contributed by atoms with Gasteiger partial charge in [-0.3, -0.25) is 0 Å². The zero-order chi connectivity index (χ0) is 11.4. The Morgan fingerprint density at radius 1 is 1.00 bits per heavy atom. The van der Waals surface area contributed by atoms with Crippen molar-refractivity contribution in [2.45, 2.75) is 45.6 Å². The molecule has 0 bridgehead atoms. The molecule has 0 rings (SSSR count). The molecule has 0 saturated heterocycles. The Morgan fingerprint density at radius 3 is 2.33 bits per heavy atom. The van der Waals surface area contributed by atoms with Gasteiger partial charge < -0.3 is 14.8 Å². The maximum atomic E-state index is 5.38. The van der Waals surface area contributed by atoms with E-state index in [-0.39, 0.29) is 0 Å². The van der Waals surface area contributed by atoms with Crippen molar-refractivity contribution in [3.8, 4) is 0 Å². The summed E-state index contributed by atoms with van der Waals surface area (Å²) in [6.45, 7) is 7.85. The van der Waals surface area contributed by atoms with Gasteiger partial charge in [-0.2, -0.15) is 0 Å². The van der Waals surface area contributed by atoms with Crippen LogP contribution in [-0.2, 0) is 9.47 Å². The van der Waals surface area contributed by atoms with Crippen LogP contribution in [0.1, 0.15) is 39.5 Å². The third-order valence-corrected chi connectivity index (χ3v) is 2.57. The lowest BCUT2D eigenvalue weighted by molar-refractivity contribution is 0.0687. The first-order valence-electron chi connectivity index (χ1n) is 6.15. The summed E-state index contributed by atoms with van der Waals surface area (Å²) in [6.07, 6.45) is 4.78. The Balaban J connectivity index is 3.04. The summed E-state index contributed by atoms with van der Waals surface area (Å²) in [5, 5.41) is 3.54. The molecule has 0 saturated carbocycles. The highest BCUT2D eigenvalue weighted by atomic mass is 16.5. The highest BCUT2D eigenvalue weighted by Gasteiger charge is 2.00. The van der Waals surface area contributed by atoms with Crippen LogP contribution in [0, 0.1) is 0 Å². The summed E-state index contributed by atoms with van der Waals surface area (Å²) in [4.78, 5) is 0. The number of methoxy groups -OCH3 is 1. The van der Waals surface area contributed by atoms with Crippen molar-refractivity contribution in [3.05, 3.63) is 0 Å². The quantitative estimate of drug-likeness (QED) is 0.538. The maximum Gasteiger partial charge on any atom is 0.0700 e. The lowest BCUT2D eigenvalue weighted by atomic mass is 10.1. The van der Waals surface area contributed by atoms with Gasteiger partial charge >= 0.3 is 0 Å². The SMILES string of the molecule is CCC(CC)NCCCCOCCOC. The molecular weight excluding hydrogens is 190 g/mol. The second kappa shape index (κ2) is 12.0. The molecular formula is C12H27NO2. The molecule has 1 N–H and O–H groups in total. The van der Waals surface area contributed by atoms with Crippen LogP contribution in [0.4, 0.5) is 0 Å². The first kappa shape index (κ1) is 14.9.